The van der Waals surface area contributed by atoms with Gasteiger partial charge in [-0.05, 0) is 43.7 Å². The fraction of sp³-hybridized carbons (Fsp3) is 0.500. The maximum atomic E-state index is 10.4. The Hall–Kier alpha value is -1.27. The monoisotopic (exact) mass is 272 g/mol. The van der Waals surface area contributed by atoms with E-state index in [1.165, 1.54) is 0 Å². The van der Waals surface area contributed by atoms with Gasteiger partial charge in [0.1, 0.15) is 5.75 Å². The van der Waals surface area contributed by atoms with E-state index in [4.69, 9.17) is 10.5 Å². The molecule has 0 saturated carbocycles. The van der Waals surface area contributed by atoms with Crippen LogP contribution in [0.2, 0.25) is 0 Å². The van der Waals surface area contributed by atoms with Crippen molar-refractivity contribution in [2.24, 2.45) is 5.73 Å². The molecule has 5 nitrogen and oxygen atoms in total. The van der Waals surface area contributed by atoms with Crippen LogP contribution < -0.4 is 15.2 Å². The van der Waals surface area contributed by atoms with Gasteiger partial charge in [-0.25, -0.2) is 8.42 Å². The van der Waals surface area contributed by atoms with Crippen molar-refractivity contribution in [1.29, 1.82) is 0 Å². The highest BCUT2D eigenvalue weighted by molar-refractivity contribution is 7.73. The summed E-state index contributed by atoms with van der Waals surface area (Å²) in [4.78, 5) is 0. The molecule has 1 aromatic rings. The zero-order valence-electron chi connectivity index (χ0n) is 10.3. The van der Waals surface area contributed by atoms with Crippen LogP contribution in [0, 0.1) is 0 Å². The number of benzene rings is 1. The molecule has 0 aliphatic carbocycles. The standard InChI is InChI=1S/C12H20N2O3S/c13-9-3-1-2-4-10-17-12-7-5-11(6-8-12)14-18(15)16/h5-8,18H,1-4,9-10,13H2,(H,14,15,16). The Kier molecular flexibility index (Phi) is 7.20. The van der Waals surface area contributed by atoms with Gasteiger partial charge in [0, 0.05) is 5.69 Å². The van der Waals surface area contributed by atoms with Crippen molar-refractivity contribution in [3.8, 4) is 5.75 Å². The highest BCUT2D eigenvalue weighted by atomic mass is 32.2. The molecule has 0 aliphatic rings. The van der Waals surface area contributed by atoms with Crippen LogP contribution in [0.1, 0.15) is 25.7 Å². The summed E-state index contributed by atoms with van der Waals surface area (Å²) in [5, 5.41) is 0. The van der Waals surface area contributed by atoms with E-state index in [-0.39, 0.29) is 0 Å². The number of nitrogens with one attached hydrogen (secondary N) is 1. The number of rotatable bonds is 9. The summed E-state index contributed by atoms with van der Waals surface area (Å²) in [5.74, 6) is 0.750. The summed E-state index contributed by atoms with van der Waals surface area (Å²) < 4.78 is 28.7. The van der Waals surface area contributed by atoms with Crippen LogP contribution >= 0.6 is 0 Å². The van der Waals surface area contributed by atoms with Gasteiger partial charge in [0.25, 0.3) is 0 Å². The molecule has 1 aromatic carbocycles. The van der Waals surface area contributed by atoms with Crippen molar-refractivity contribution in [3.05, 3.63) is 24.3 Å². The third-order valence-corrected chi connectivity index (χ3v) is 2.88. The van der Waals surface area contributed by atoms with Crippen LogP contribution in [0.25, 0.3) is 0 Å². The second-order valence-corrected chi connectivity index (χ2v) is 4.68. The van der Waals surface area contributed by atoms with Crippen LogP contribution in [0.5, 0.6) is 5.75 Å². The average molecular weight is 272 g/mol. The molecular weight excluding hydrogens is 252 g/mol. The molecule has 0 bridgehead atoms. The highest BCUT2D eigenvalue weighted by Gasteiger charge is 1.96. The molecule has 0 fully saturated rings. The third-order valence-electron chi connectivity index (χ3n) is 2.44. The molecule has 0 atom stereocenters. The summed E-state index contributed by atoms with van der Waals surface area (Å²) in [7, 11) is -2.61. The lowest BCUT2D eigenvalue weighted by atomic mass is 10.2. The smallest absolute Gasteiger partial charge is 0.222 e. The van der Waals surface area contributed by atoms with Gasteiger partial charge in [0.2, 0.25) is 10.9 Å². The molecule has 0 amide bonds. The van der Waals surface area contributed by atoms with E-state index in [1.807, 2.05) is 0 Å². The van der Waals surface area contributed by atoms with E-state index in [9.17, 15) is 8.42 Å². The molecule has 0 aromatic heterocycles. The summed E-state index contributed by atoms with van der Waals surface area (Å²) >= 11 is 0. The molecule has 0 spiro atoms. The minimum atomic E-state index is -2.61. The third kappa shape index (κ3) is 6.46. The fourth-order valence-corrected chi connectivity index (χ4v) is 1.88. The number of hydrogen-bond acceptors (Lipinski definition) is 4. The number of nitrogens with two attached hydrogens (primary N) is 1. The molecule has 0 saturated heterocycles. The second-order valence-electron chi connectivity index (χ2n) is 3.94. The topological polar surface area (TPSA) is 81.4 Å². The zero-order chi connectivity index (χ0) is 13.2. The van der Waals surface area contributed by atoms with Gasteiger partial charge in [-0.3, -0.25) is 4.72 Å². The van der Waals surface area contributed by atoms with E-state index in [2.05, 4.69) is 4.72 Å². The van der Waals surface area contributed by atoms with Crippen LogP contribution in [0.3, 0.4) is 0 Å². The van der Waals surface area contributed by atoms with Gasteiger partial charge in [0.15, 0.2) is 0 Å². The van der Waals surface area contributed by atoms with Crippen LogP contribution in [-0.2, 0) is 10.9 Å². The highest BCUT2D eigenvalue weighted by Crippen LogP contribution is 2.16. The van der Waals surface area contributed by atoms with Crippen molar-refractivity contribution in [1.82, 2.24) is 0 Å². The van der Waals surface area contributed by atoms with E-state index in [0.29, 0.717) is 12.3 Å². The first kappa shape index (κ1) is 14.8. The lowest BCUT2D eigenvalue weighted by molar-refractivity contribution is 0.305. The van der Waals surface area contributed by atoms with Crippen molar-refractivity contribution in [3.63, 3.8) is 0 Å². The van der Waals surface area contributed by atoms with Crippen LogP contribution in [0.15, 0.2) is 24.3 Å². The molecule has 6 heteroatoms. The Bertz CT molecular complexity index is 396. The first-order valence-corrected chi connectivity index (χ1v) is 7.24. The first-order valence-electron chi connectivity index (χ1n) is 6.06. The average Bonchev–Trinajstić information content (AvgIpc) is 2.35. The van der Waals surface area contributed by atoms with E-state index < -0.39 is 10.9 Å². The van der Waals surface area contributed by atoms with Crippen LogP contribution in [0.4, 0.5) is 5.69 Å². The molecule has 1 rings (SSSR count). The summed E-state index contributed by atoms with van der Waals surface area (Å²) in [5.41, 5.74) is 5.95. The molecule has 18 heavy (non-hydrogen) atoms. The van der Waals surface area contributed by atoms with E-state index in [0.717, 1.165) is 38.0 Å². The molecule has 0 aliphatic heterocycles. The van der Waals surface area contributed by atoms with Gasteiger partial charge < -0.3 is 10.5 Å². The van der Waals surface area contributed by atoms with E-state index in [1.54, 1.807) is 24.3 Å². The Morgan fingerprint density at radius 1 is 1.06 bits per heavy atom. The maximum absolute atomic E-state index is 10.4. The number of hydrogen-bond donors (Lipinski definition) is 3. The van der Waals surface area contributed by atoms with Gasteiger partial charge in [0.05, 0.1) is 6.61 Å². The predicted molar refractivity (Wildman–Crippen MR) is 73.4 cm³/mol. The van der Waals surface area contributed by atoms with Gasteiger partial charge in [-0.15, -0.1) is 0 Å². The summed E-state index contributed by atoms with van der Waals surface area (Å²) in [6, 6.07) is 6.85. The molecule has 0 unspecified atom stereocenters. The second kappa shape index (κ2) is 8.77. The molecule has 102 valence electrons. The Balaban J connectivity index is 2.22. The van der Waals surface area contributed by atoms with Crippen molar-refractivity contribution < 1.29 is 13.2 Å². The Morgan fingerprint density at radius 3 is 2.33 bits per heavy atom. The first-order chi connectivity index (χ1) is 8.72. The SMILES string of the molecule is NCCCCCCOc1ccc(N[SH](=O)=O)cc1. The van der Waals surface area contributed by atoms with Crippen molar-refractivity contribution in [2.45, 2.75) is 25.7 Å². The maximum Gasteiger partial charge on any atom is 0.222 e. The number of anilines is 1. The Labute approximate surface area is 109 Å². The minimum absolute atomic E-state index is 0.543. The number of unbranched alkanes of at least 4 members (excludes halogenated alkanes) is 3. The van der Waals surface area contributed by atoms with E-state index >= 15 is 0 Å². The molecule has 3 N–H and O–H groups in total. The predicted octanol–water partition coefficient (Wildman–Crippen LogP) is 1.52. The Morgan fingerprint density at radius 2 is 1.72 bits per heavy atom. The van der Waals surface area contributed by atoms with Gasteiger partial charge in [-0.2, -0.15) is 0 Å². The number of thiol groups is 1. The zero-order valence-corrected chi connectivity index (χ0v) is 11.2. The fourth-order valence-electron chi connectivity index (χ4n) is 1.52. The molecular formula is C12H20N2O3S. The normalized spacial score (nSPS) is 10.6. The van der Waals surface area contributed by atoms with Crippen LogP contribution in [-0.4, -0.2) is 21.6 Å². The summed E-state index contributed by atoms with van der Waals surface area (Å²) in [6.07, 6.45) is 4.33. The quantitative estimate of drug-likeness (QED) is 0.470. The van der Waals surface area contributed by atoms with Crippen molar-refractivity contribution >= 4 is 16.6 Å². The van der Waals surface area contributed by atoms with Gasteiger partial charge >= 0.3 is 0 Å². The lowest BCUT2D eigenvalue weighted by Gasteiger charge is -2.06. The molecule has 0 heterocycles. The lowest BCUT2D eigenvalue weighted by Crippen LogP contribution is -2.00. The minimum Gasteiger partial charge on any atom is -0.494 e. The van der Waals surface area contributed by atoms with Gasteiger partial charge in [-0.1, -0.05) is 12.8 Å². The van der Waals surface area contributed by atoms with Crippen molar-refractivity contribution in [2.75, 3.05) is 17.9 Å². The largest absolute Gasteiger partial charge is 0.494 e. The summed E-state index contributed by atoms with van der Waals surface area (Å²) in [6.45, 7) is 1.42. The molecule has 0 radical (unpaired) electrons. The number of ether oxygens (including phenoxy) is 1.